The summed E-state index contributed by atoms with van der Waals surface area (Å²) in [4.78, 5) is 53.2. The van der Waals surface area contributed by atoms with Gasteiger partial charge in [-0.15, -0.1) is 0 Å². The molecule has 1 aliphatic rings. The summed E-state index contributed by atoms with van der Waals surface area (Å²) in [6.07, 6.45) is 0.0720. The molecule has 7 heteroatoms. The summed E-state index contributed by atoms with van der Waals surface area (Å²) in [6.45, 7) is 1.38. The maximum atomic E-state index is 13.8. The van der Waals surface area contributed by atoms with E-state index in [1.54, 1.807) is 42.5 Å². The van der Waals surface area contributed by atoms with Crippen molar-refractivity contribution < 1.29 is 33.4 Å². The van der Waals surface area contributed by atoms with Gasteiger partial charge in [-0.2, -0.15) is 0 Å². The standard InChI is InChI=1S/C29H30O7/c1-20(30)28(17-15-21-11-7-5-8-12-21)23(19-24(31)34-2)16-18-29(26(32)35-3,27(33)36-4)25(28)22-13-9-6-10-14-22/h5-14,23,25H,16,18-19H2,1-4H3/t23-,25+,28-/m1/s1. The minimum atomic E-state index is -1.85. The zero-order valence-electron chi connectivity index (χ0n) is 20.9. The number of ketones is 1. The molecule has 0 heterocycles. The third-order valence-electron chi connectivity index (χ3n) is 7.12. The second-order valence-corrected chi connectivity index (χ2v) is 8.86. The molecule has 2 aromatic carbocycles. The predicted molar refractivity (Wildman–Crippen MR) is 131 cm³/mol. The van der Waals surface area contributed by atoms with E-state index >= 15 is 0 Å². The Morgan fingerprint density at radius 2 is 1.42 bits per heavy atom. The molecule has 2 aromatic rings. The number of methoxy groups -OCH3 is 3. The molecule has 36 heavy (non-hydrogen) atoms. The highest BCUT2D eigenvalue weighted by Gasteiger charge is 2.68. The highest BCUT2D eigenvalue weighted by Crippen LogP contribution is 2.61. The van der Waals surface area contributed by atoms with Crippen molar-refractivity contribution in [2.45, 2.75) is 32.1 Å². The van der Waals surface area contributed by atoms with Crippen LogP contribution in [0.2, 0.25) is 0 Å². The fourth-order valence-corrected chi connectivity index (χ4v) is 5.48. The molecule has 0 unspecified atom stereocenters. The molecule has 1 saturated carbocycles. The van der Waals surface area contributed by atoms with Gasteiger partial charge in [-0.1, -0.05) is 60.4 Å². The molecule has 0 N–H and O–H groups in total. The number of ether oxygens (including phenoxy) is 3. The number of Topliss-reactive ketones (excluding diaryl/α,β-unsaturated/α-hetero) is 1. The van der Waals surface area contributed by atoms with Gasteiger partial charge in [0.15, 0.2) is 5.41 Å². The Hall–Kier alpha value is -3.92. The lowest BCUT2D eigenvalue weighted by Crippen LogP contribution is -2.59. The average molecular weight is 491 g/mol. The van der Waals surface area contributed by atoms with Crippen LogP contribution in [-0.4, -0.2) is 45.0 Å². The molecule has 0 spiro atoms. The summed E-state index contributed by atoms with van der Waals surface area (Å²) in [7, 11) is 3.67. The van der Waals surface area contributed by atoms with Crippen molar-refractivity contribution in [2.24, 2.45) is 16.7 Å². The first-order valence-electron chi connectivity index (χ1n) is 11.7. The molecule has 0 bridgehead atoms. The van der Waals surface area contributed by atoms with E-state index in [2.05, 4.69) is 11.8 Å². The van der Waals surface area contributed by atoms with Gasteiger partial charge < -0.3 is 14.2 Å². The van der Waals surface area contributed by atoms with Gasteiger partial charge >= 0.3 is 17.9 Å². The van der Waals surface area contributed by atoms with Gasteiger partial charge in [-0.05, 0) is 43.4 Å². The number of hydrogen-bond acceptors (Lipinski definition) is 7. The molecule has 0 aliphatic heterocycles. The topological polar surface area (TPSA) is 96.0 Å². The molecule has 0 saturated heterocycles. The fraction of sp³-hybridized carbons (Fsp3) is 0.379. The van der Waals surface area contributed by atoms with Crippen molar-refractivity contribution in [3.8, 4) is 11.8 Å². The largest absolute Gasteiger partial charge is 0.469 e. The highest BCUT2D eigenvalue weighted by atomic mass is 16.5. The second-order valence-electron chi connectivity index (χ2n) is 8.86. The Bertz CT molecular complexity index is 1160. The van der Waals surface area contributed by atoms with Crippen molar-refractivity contribution in [1.82, 2.24) is 0 Å². The molecule has 0 amide bonds. The third-order valence-corrected chi connectivity index (χ3v) is 7.12. The van der Waals surface area contributed by atoms with Crippen LogP contribution in [0.4, 0.5) is 0 Å². The second kappa shape index (κ2) is 11.2. The predicted octanol–water partition coefficient (Wildman–Crippen LogP) is 3.70. The summed E-state index contributed by atoms with van der Waals surface area (Å²) in [5.74, 6) is 2.03. The highest BCUT2D eigenvalue weighted by molar-refractivity contribution is 6.03. The van der Waals surface area contributed by atoms with E-state index in [1.165, 1.54) is 28.3 Å². The van der Waals surface area contributed by atoms with Crippen LogP contribution in [0.25, 0.3) is 0 Å². The number of hydrogen-bond donors (Lipinski definition) is 0. The Balaban J connectivity index is 2.44. The van der Waals surface area contributed by atoms with Crippen molar-refractivity contribution in [3.05, 3.63) is 71.8 Å². The molecule has 1 aliphatic carbocycles. The van der Waals surface area contributed by atoms with E-state index in [4.69, 9.17) is 14.2 Å². The third kappa shape index (κ3) is 4.64. The van der Waals surface area contributed by atoms with Crippen LogP contribution in [0.1, 0.15) is 43.2 Å². The van der Waals surface area contributed by atoms with Gasteiger partial charge in [-0.25, -0.2) is 0 Å². The van der Waals surface area contributed by atoms with Crippen molar-refractivity contribution >= 4 is 23.7 Å². The van der Waals surface area contributed by atoms with Gasteiger partial charge in [0.05, 0.1) is 27.8 Å². The van der Waals surface area contributed by atoms with Crippen LogP contribution in [0.15, 0.2) is 60.7 Å². The molecule has 3 atom stereocenters. The van der Waals surface area contributed by atoms with Gasteiger partial charge in [-0.3, -0.25) is 19.2 Å². The molecule has 0 radical (unpaired) electrons. The lowest BCUT2D eigenvalue weighted by atomic mass is 9.47. The minimum Gasteiger partial charge on any atom is -0.469 e. The molecule has 0 aromatic heterocycles. The Morgan fingerprint density at radius 3 is 1.92 bits per heavy atom. The van der Waals surface area contributed by atoms with E-state index in [1.807, 2.05) is 18.2 Å². The SMILES string of the molecule is COC(=O)C[C@H]1CCC(C(=O)OC)(C(=O)OC)[C@@H](c2ccccc2)[C@]1(C#Cc1ccccc1)C(C)=O. The fourth-order valence-electron chi connectivity index (χ4n) is 5.48. The Labute approximate surface area is 211 Å². The summed E-state index contributed by atoms with van der Waals surface area (Å²) in [6, 6.07) is 17.9. The van der Waals surface area contributed by atoms with Crippen LogP contribution >= 0.6 is 0 Å². The van der Waals surface area contributed by atoms with Crippen LogP contribution in [0.3, 0.4) is 0 Å². The number of carbonyl (C=O) groups is 4. The summed E-state index contributed by atoms with van der Waals surface area (Å²) < 4.78 is 15.2. The van der Waals surface area contributed by atoms with Gasteiger partial charge in [0.1, 0.15) is 11.2 Å². The van der Waals surface area contributed by atoms with E-state index in [0.29, 0.717) is 11.1 Å². The first kappa shape index (κ1) is 26.7. The summed E-state index contributed by atoms with van der Waals surface area (Å²) in [5.41, 5.74) is -2.27. The average Bonchev–Trinajstić information content (AvgIpc) is 2.91. The Morgan fingerprint density at radius 1 is 0.861 bits per heavy atom. The zero-order valence-corrected chi connectivity index (χ0v) is 20.9. The maximum Gasteiger partial charge on any atom is 0.323 e. The van der Waals surface area contributed by atoms with Gasteiger partial charge in [0.25, 0.3) is 0 Å². The quantitative estimate of drug-likeness (QED) is 0.264. The summed E-state index contributed by atoms with van der Waals surface area (Å²) in [5, 5.41) is 0. The minimum absolute atomic E-state index is 0.00954. The van der Waals surface area contributed by atoms with E-state index < -0.39 is 40.6 Å². The zero-order chi connectivity index (χ0) is 26.3. The van der Waals surface area contributed by atoms with Crippen molar-refractivity contribution in [1.29, 1.82) is 0 Å². The van der Waals surface area contributed by atoms with Gasteiger partial charge in [0.2, 0.25) is 0 Å². The summed E-state index contributed by atoms with van der Waals surface area (Å²) >= 11 is 0. The van der Waals surface area contributed by atoms with E-state index in [9.17, 15) is 19.2 Å². The first-order valence-corrected chi connectivity index (χ1v) is 11.7. The maximum absolute atomic E-state index is 13.8. The number of benzene rings is 2. The number of esters is 3. The number of carbonyl (C=O) groups excluding carboxylic acids is 4. The molecule has 188 valence electrons. The van der Waals surface area contributed by atoms with E-state index in [0.717, 1.165) is 0 Å². The molecule has 7 nitrogen and oxygen atoms in total. The lowest BCUT2D eigenvalue weighted by molar-refractivity contribution is -0.180. The molecule has 3 rings (SSSR count). The first-order chi connectivity index (χ1) is 17.3. The monoisotopic (exact) mass is 490 g/mol. The normalized spacial score (nSPS) is 22.3. The smallest absolute Gasteiger partial charge is 0.323 e. The Kier molecular flexibility index (Phi) is 8.31. The van der Waals surface area contributed by atoms with E-state index in [-0.39, 0.29) is 25.0 Å². The molecule has 1 fully saturated rings. The molecular weight excluding hydrogens is 460 g/mol. The van der Waals surface area contributed by atoms with Crippen LogP contribution in [0, 0.1) is 28.6 Å². The molecular formula is C29H30O7. The van der Waals surface area contributed by atoms with Crippen LogP contribution in [0.5, 0.6) is 0 Å². The van der Waals surface area contributed by atoms with Crippen molar-refractivity contribution in [3.63, 3.8) is 0 Å². The van der Waals surface area contributed by atoms with Crippen LogP contribution in [-0.2, 0) is 33.4 Å². The van der Waals surface area contributed by atoms with Crippen LogP contribution < -0.4 is 0 Å². The lowest BCUT2D eigenvalue weighted by Gasteiger charge is -2.52. The number of rotatable bonds is 6. The van der Waals surface area contributed by atoms with Crippen molar-refractivity contribution in [2.75, 3.05) is 21.3 Å². The van der Waals surface area contributed by atoms with Gasteiger partial charge in [0, 0.05) is 11.5 Å².